The maximum absolute atomic E-state index is 14.4. The van der Waals surface area contributed by atoms with E-state index in [2.05, 4.69) is 218 Å². The van der Waals surface area contributed by atoms with Gasteiger partial charge >= 0.3 is 0 Å². The third-order valence-electron chi connectivity index (χ3n) is 13.2. The monoisotopic (exact) mass is 1090 g/mol. The molecule has 0 fully saturated rings. The summed E-state index contributed by atoms with van der Waals surface area (Å²) in [4.78, 5) is 9.43. The third kappa shape index (κ3) is 8.89. The van der Waals surface area contributed by atoms with E-state index >= 15 is 0 Å². The van der Waals surface area contributed by atoms with E-state index in [9.17, 15) is 4.39 Å². The van der Waals surface area contributed by atoms with Crippen molar-refractivity contribution in [1.82, 2.24) is 9.55 Å². The van der Waals surface area contributed by atoms with Crippen molar-refractivity contribution in [2.75, 3.05) is 9.80 Å². The number of benzene rings is 7. The Labute approximate surface area is 421 Å². The number of nitrogens with zero attached hydrogens (tertiary/aromatic N) is 4. The van der Waals surface area contributed by atoms with E-state index in [4.69, 9.17) is 9.72 Å². The Morgan fingerprint density at radius 3 is 1.96 bits per heavy atom. The minimum absolute atomic E-state index is 0. The quantitative estimate of drug-likeness (QED) is 0.135. The third-order valence-corrected chi connectivity index (χ3v) is 13.2. The van der Waals surface area contributed by atoms with Gasteiger partial charge in [-0.25, -0.2) is 9.37 Å². The second-order valence-corrected chi connectivity index (χ2v) is 20.7. The van der Waals surface area contributed by atoms with Gasteiger partial charge in [-0.2, -0.15) is 6.07 Å². The van der Waals surface area contributed by atoms with Gasteiger partial charge in [0.25, 0.3) is 0 Å². The van der Waals surface area contributed by atoms with Gasteiger partial charge in [-0.05, 0) is 104 Å². The molecule has 7 aromatic carbocycles. The zero-order valence-corrected chi connectivity index (χ0v) is 43.3. The summed E-state index contributed by atoms with van der Waals surface area (Å²) in [7, 11) is 0. The first-order valence-electron chi connectivity index (χ1n) is 23.8. The maximum atomic E-state index is 14.4. The average Bonchev–Trinajstić information content (AvgIpc) is 3.86. The smallest absolute Gasteiger partial charge is 0.135 e. The fraction of sp³-hybridized carbons (Fsp3) is 0.226. The molecule has 7 heteroatoms. The number of rotatable bonds is 9. The summed E-state index contributed by atoms with van der Waals surface area (Å²) in [6.45, 7) is 24.6. The van der Waals surface area contributed by atoms with Crippen LogP contribution in [0.15, 0.2) is 152 Å². The minimum atomic E-state index is -0.262. The van der Waals surface area contributed by atoms with Crippen LogP contribution in [0.2, 0.25) is 0 Å². The normalized spacial score (nSPS) is 12.9. The molecule has 0 unspecified atom stereocenters. The number of ether oxygens (including phenoxy) is 1. The number of anilines is 4. The summed E-state index contributed by atoms with van der Waals surface area (Å²) in [5, 5.41) is 2.19. The van der Waals surface area contributed by atoms with Crippen molar-refractivity contribution >= 4 is 44.6 Å². The van der Waals surface area contributed by atoms with Crippen molar-refractivity contribution in [3.8, 4) is 39.6 Å². The number of fused-ring (bicyclic) bond motifs is 4. The van der Waals surface area contributed by atoms with E-state index in [0.717, 1.165) is 67.1 Å². The standard InChI is InChI=1S/C62H58FN4O.Pt/c1-39(2)48-18-15-19-49(40(3)4)59(48)42-33-45(65-38-66(56-24-14-13-23-55(56)65)60-50(41-25-27-44(63)28-26-41)20-16-21-53(60)62(8,9)10)36-47(34-42)68-46-29-30-52-51-17-11-12-22-54(51)67(57(52)37-46)58-35-43(31-32-64-58)61(5,6)7;/h11-35,38-40H,1-10H3;/q-3;. The molecule has 0 amide bonds. The first kappa shape index (κ1) is 47.6. The molecule has 1 aliphatic rings. The molecule has 0 aliphatic carbocycles. The number of aromatic nitrogens is 2. The fourth-order valence-corrected chi connectivity index (χ4v) is 9.79. The van der Waals surface area contributed by atoms with Crippen molar-refractivity contribution in [3.05, 3.63) is 199 Å². The van der Waals surface area contributed by atoms with Crippen molar-refractivity contribution < 1.29 is 30.2 Å². The predicted octanol–water partition coefficient (Wildman–Crippen LogP) is 17.3. The SMILES string of the molecule is CC(C)c1cccc(C(C)C)c1-c1cc(Oc2[c-]c3c(cc2)c2ccccc2n3-c2cc(C(C)(C)C)ccn2)[c-]c(N2[CH-]N(c3c(-c4ccc(F)cc4)cccc3C(C)(C)C)c3ccccc32)c1.[Pt]. The Hall–Kier alpha value is -6.49. The van der Waals surface area contributed by atoms with Gasteiger partial charge in [-0.3, -0.25) is 0 Å². The van der Waals surface area contributed by atoms with Gasteiger partial charge in [-0.15, -0.1) is 53.6 Å². The molecule has 0 bridgehead atoms. The molecule has 10 rings (SSSR count). The second kappa shape index (κ2) is 18.4. The molecular weight excluding hydrogens is 1030 g/mol. The van der Waals surface area contributed by atoms with Gasteiger partial charge in [0, 0.05) is 66.9 Å². The van der Waals surface area contributed by atoms with Crippen LogP contribution in [0.1, 0.15) is 103 Å². The minimum Gasteiger partial charge on any atom is -0.509 e. The number of hydrogen-bond acceptors (Lipinski definition) is 4. The number of pyridine rings is 1. The van der Waals surface area contributed by atoms with E-state index in [1.807, 2.05) is 24.4 Å². The summed E-state index contributed by atoms with van der Waals surface area (Å²) < 4.78 is 23.6. The van der Waals surface area contributed by atoms with Gasteiger partial charge in [0.1, 0.15) is 11.6 Å². The van der Waals surface area contributed by atoms with Gasteiger partial charge in [-0.1, -0.05) is 154 Å². The summed E-state index contributed by atoms with van der Waals surface area (Å²) in [5.74, 6) is 2.27. The van der Waals surface area contributed by atoms with Gasteiger partial charge in [0.05, 0.1) is 0 Å². The summed E-state index contributed by atoms with van der Waals surface area (Å²) in [5.41, 5.74) is 14.7. The largest absolute Gasteiger partial charge is 0.509 e. The van der Waals surface area contributed by atoms with Crippen LogP contribution in [0.5, 0.6) is 11.5 Å². The number of hydrogen-bond donors (Lipinski definition) is 0. The molecule has 69 heavy (non-hydrogen) atoms. The van der Waals surface area contributed by atoms with Crippen LogP contribution in [0.3, 0.4) is 0 Å². The van der Waals surface area contributed by atoms with Crippen molar-refractivity contribution in [2.24, 2.45) is 0 Å². The number of para-hydroxylation sites is 4. The molecule has 0 radical (unpaired) electrons. The number of halogens is 1. The van der Waals surface area contributed by atoms with Gasteiger partial charge in [0.15, 0.2) is 0 Å². The Morgan fingerprint density at radius 2 is 1.28 bits per heavy atom. The van der Waals surface area contributed by atoms with Crippen LogP contribution in [0.4, 0.5) is 27.1 Å². The van der Waals surface area contributed by atoms with Gasteiger partial charge in [0.2, 0.25) is 0 Å². The van der Waals surface area contributed by atoms with Crippen LogP contribution < -0.4 is 14.5 Å². The average molecular weight is 1090 g/mol. The molecule has 0 atom stereocenters. The van der Waals surface area contributed by atoms with Crippen molar-refractivity contribution in [1.29, 1.82) is 0 Å². The Balaban J connectivity index is 0.00000593. The van der Waals surface area contributed by atoms with Crippen LogP contribution in [-0.2, 0) is 31.9 Å². The van der Waals surface area contributed by atoms with Crippen LogP contribution in [-0.4, -0.2) is 9.55 Å². The Kier molecular flexibility index (Phi) is 12.7. The van der Waals surface area contributed by atoms with E-state index < -0.39 is 0 Å². The summed E-state index contributed by atoms with van der Waals surface area (Å²) in [6.07, 6.45) is 1.90. The second-order valence-electron chi connectivity index (χ2n) is 20.7. The maximum Gasteiger partial charge on any atom is 0.135 e. The molecule has 0 saturated heterocycles. The predicted molar refractivity (Wildman–Crippen MR) is 281 cm³/mol. The van der Waals surface area contributed by atoms with Crippen molar-refractivity contribution in [2.45, 2.75) is 91.9 Å². The Morgan fingerprint density at radius 1 is 0.609 bits per heavy atom. The molecular formula is C62H58FN4OPt-3. The summed E-state index contributed by atoms with van der Waals surface area (Å²) >= 11 is 0. The van der Waals surface area contributed by atoms with E-state index in [1.54, 1.807) is 0 Å². The zero-order valence-electron chi connectivity index (χ0n) is 41.1. The van der Waals surface area contributed by atoms with E-state index in [1.165, 1.54) is 39.9 Å². The molecule has 1 aliphatic heterocycles. The summed E-state index contributed by atoms with van der Waals surface area (Å²) in [6, 6.07) is 57.2. The van der Waals surface area contributed by atoms with Crippen LogP contribution in [0.25, 0.3) is 49.9 Å². The molecule has 5 nitrogen and oxygen atoms in total. The molecule has 0 saturated carbocycles. The molecule has 2 aromatic heterocycles. The van der Waals surface area contributed by atoms with E-state index in [-0.39, 0.29) is 49.5 Å². The van der Waals surface area contributed by atoms with Crippen LogP contribution >= 0.6 is 0 Å². The molecule has 0 spiro atoms. The van der Waals surface area contributed by atoms with Gasteiger partial charge < -0.3 is 19.1 Å². The fourth-order valence-electron chi connectivity index (χ4n) is 9.79. The Bertz CT molecular complexity index is 3330. The molecule has 352 valence electrons. The molecule has 3 heterocycles. The molecule has 0 N–H and O–H groups in total. The van der Waals surface area contributed by atoms with Crippen LogP contribution in [0, 0.1) is 24.6 Å². The molecule has 9 aromatic rings. The topological polar surface area (TPSA) is 33.5 Å². The van der Waals surface area contributed by atoms with E-state index in [0.29, 0.717) is 11.5 Å². The first-order chi connectivity index (χ1) is 32.5. The zero-order chi connectivity index (χ0) is 47.6. The van der Waals surface area contributed by atoms with Crippen molar-refractivity contribution in [3.63, 3.8) is 0 Å². The first-order valence-corrected chi connectivity index (χ1v) is 23.8.